The molecule has 0 aliphatic carbocycles. The maximum atomic E-state index is 12.6. The highest BCUT2D eigenvalue weighted by Crippen LogP contribution is 2.30. The number of aromatic amines is 1. The lowest BCUT2D eigenvalue weighted by atomic mass is 10.1. The van der Waals surface area contributed by atoms with Gasteiger partial charge in [0.05, 0.1) is 30.3 Å². The summed E-state index contributed by atoms with van der Waals surface area (Å²) in [7, 11) is 0. The van der Waals surface area contributed by atoms with Gasteiger partial charge in [0.1, 0.15) is 0 Å². The van der Waals surface area contributed by atoms with Crippen LogP contribution in [-0.4, -0.2) is 52.8 Å². The highest BCUT2D eigenvalue weighted by Gasteiger charge is 2.38. The standard InChI is InChI=1S/C22H24N4O2/c27-22(11-20-18-8-4-5-9-19(18)24-25-20)23-16-10-17-14-28-21(13-26(17)12-16)15-6-2-1-3-7-15/h1-9,16-17,21H,10-14H2,(H,23,27)(H,24,25)/t16-,17-,21+/m0/s1. The number of morpholine rings is 1. The first-order valence-electron chi connectivity index (χ1n) is 9.88. The quantitative estimate of drug-likeness (QED) is 0.734. The Morgan fingerprint density at radius 2 is 1.96 bits per heavy atom. The topological polar surface area (TPSA) is 70.2 Å². The molecule has 3 atom stereocenters. The van der Waals surface area contributed by atoms with Gasteiger partial charge >= 0.3 is 0 Å². The van der Waals surface area contributed by atoms with Gasteiger partial charge in [-0.05, 0) is 18.1 Å². The lowest BCUT2D eigenvalue weighted by Gasteiger charge is -2.35. The van der Waals surface area contributed by atoms with Crippen LogP contribution in [0.5, 0.6) is 0 Å². The van der Waals surface area contributed by atoms with E-state index < -0.39 is 0 Å². The molecule has 2 aliphatic heterocycles. The van der Waals surface area contributed by atoms with Gasteiger partial charge in [0.2, 0.25) is 5.91 Å². The number of rotatable bonds is 4. The number of hydrogen-bond donors (Lipinski definition) is 2. The molecular weight excluding hydrogens is 352 g/mol. The van der Waals surface area contributed by atoms with Crippen molar-refractivity contribution in [3.05, 3.63) is 65.9 Å². The number of fused-ring (bicyclic) bond motifs is 2. The third-order valence-electron chi connectivity index (χ3n) is 5.83. The number of nitrogens with one attached hydrogen (secondary N) is 2. The summed E-state index contributed by atoms with van der Waals surface area (Å²) in [5, 5.41) is 11.5. The maximum Gasteiger partial charge on any atom is 0.226 e. The van der Waals surface area contributed by atoms with E-state index in [0.717, 1.165) is 42.7 Å². The normalized spacial score (nSPS) is 24.9. The summed E-state index contributed by atoms with van der Waals surface area (Å²) in [6.07, 6.45) is 1.38. The third kappa shape index (κ3) is 3.41. The number of nitrogens with zero attached hydrogens (tertiary/aromatic N) is 2. The lowest BCUT2D eigenvalue weighted by molar-refractivity contribution is -0.121. The van der Waals surface area contributed by atoms with Crippen LogP contribution in [0.3, 0.4) is 0 Å². The van der Waals surface area contributed by atoms with Gasteiger partial charge in [-0.1, -0.05) is 48.5 Å². The Kier molecular flexibility index (Phi) is 4.58. The highest BCUT2D eigenvalue weighted by atomic mass is 16.5. The molecule has 3 aromatic rings. The zero-order valence-corrected chi connectivity index (χ0v) is 15.7. The molecule has 0 spiro atoms. The Balaban J connectivity index is 1.19. The van der Waals surface area contributed by atoms with E-state index in [2.05, 4.69) is 44.7 Å². The summed E-state index contributed by atoms with van der Waals surface area (Å²) in [6, 6.07) is 18.8. The van der Waals surface area contributed by atoms with Crippen molar-refractivity contribution in [2.45, 2.75) is 31.0 Å². The Morgan fingerprint density at radius 3 is 2.86 bits per heavy atom. The molecule has 2 aliphatic rings. The molecule has 0 radical (unpaired) electrons. The average molecular weight is 376 g/mol. The molecule has 2 N–H and O–H groups in total. The van der Waals surface area contributed by atoms with E-state index in [4.69, 9.17) is 4.74 Å². The van der Waals surface area contributed by atoms with Crippen molar-refractivity contribution in [3.8, 4) is 0 Å². The molecule has 6 nitrogen and oxygen atoms in total. The van der Waals surface area contributed by atoms with E-state index >= 15 is 0 Å². The molecule has 2 saturated heterocycles. The fourth-order valence-electron chi connectivity index (χ4n) is 4.44. The number of hydrogen-bond acceptors (Lipinski definition) is 4. The number of para-hydroxylation sites is 1. The first-order valence-corrected chi connectivity index (χ1v) is 9.88. The Morgan fingerprint density at radius 1 is 1.14 bits per heavy atom. The van der Waals surface area contributed by atoms with Gasteiger partial charge in [0.25, 0.3) is 0 Å². The third-order valence-corrected chi connectivity index (χ3v) is 5.83. The number of H-pyrrole nitrogens is 1. The summed E-state index contributed by atoms with van der Waals surface area (Å²) in [5.74, 6) is 0.0415. The summed E-state index contributed by atoms with van der Waals surface area (Å²) >= 11 is 0. The predicted octanol–water partition coefficient (Wildman–Crippen LogP) is 2.44. The van der Waals surface area contributed by atoms with Gasteiger partial charge in [-0.3, -0.25) is 14.8 Å². The minimum Gasteiger partial charge on any atom is -0.371 e. The van der Waals surface area contributed by atoms with E-state index in [1.165, 1.54) is 5.56 Å². The minimum atomic E-state index is 0.0415. The predicted molar refractivity (Wildman–Crippen MR) is 107 cm³/mol. The van der Waals surface area contributed by atoms with Gasteiger partial charge in [0, 0.05) is 30.6 Å². The van der Waals surface area contributed by atoms with Crippen molar-refractivity contribution < 1.29 is 9.53 Å². The summed E-state index contributed by atoms with van der Waals surface area (Å²) in [5.41, 5.74) is 2.99. The molecule has 1 aromatic heterocycles. The van der Waals surface area contributed by atoms with E-state index in [1.54, 1.807) is 0 Å². The highest BCUT2D eigenvalue weighted by molar-refractivity contribution is 5.87. The van der Waals surface area contributed by atoms with Crippen molar-refractivity contribution in [2.75, 3.05) is 19.7 Å². The van der Waals surface area contributed by atoms with Crippen molar-refractivity contribution >= 4 is 16.8 Å². The molecule has 0 saturated carbocycles. The molecule has 2 fully saturated rings. The van der Waals surface area contributed by atoms with Crippen LogP contribution in [-0.2, 0) is 16.0 Å². The van der Waals surface area contributed by atoms with Crippen LogP contribution in [0.2, 0.25) is 0 Å². The number of carbonyl (C=O) groups is 1. The zero-order chi connectivity index (χ0) is 18.9. The molecule has 5 rings (SSSR count). The monoisotopic (exact) mass is 376 g/mol. The Bertz CT molecular complexity index is 971. The summed E-state index contributed by atoms with van der Waals surface area (Å²) < 4.78 is 6.10. The second kappa shape index (κ2) is 7.37. The van der Waals surface area contributed by atoms with E-state index in [1.807, 2.05) is 30.3 Å². The van der Waals surface area contributed by atoms with E-state index in [0.29, 0.717) is 12.5 Å². The van der Waals surface area contributed by atoms with Gasteiger partial charge in [0.15, 0.2) is 0 Å². The van der Waals surface area contributed by atoms with Crippen LogP contribution in [0.1, 0.15) is 23.8 Å². The van der Waals surface area contributed by atoms with E-state index in [-0.39, 0.29) is 18.1 Å². The van der Waals surface area contributed by atoms with Crippen LogP contribution >= 0.6 is 0 Å². The van der Waals surface area contributed by atoms with Crippen LogP contribution in [0, 0.1) is 0 Å². The molecule has 3 heterocycles. The lowest BCUT2D eigenvalue weighted by Crippen LogP contribution is -2.43. The number of carbonyl (C=O) groups excluding carboxylic acids is 1. The van der Waals surface area contributed by atoms with Crippen molar-refractivity contribution in [2.24, 2.45) is 0 Å². The Hall–Kier alpha value is -2.70. The van der Waals surface area contributed by atoms with E-state index in [9.17, 15) is 4.79 Å². The van der Waals surface area contributed by atoms with Crippen LogP contribution < -0.4 is 5.32 Å². The number of ether oxygens (including phenoxy) is 1. The number of amides is 1. The molecule has 144 valence electrons. The zero-order valence-electron chi connectivity index (χ0n) is 15.7. The average Bonchev–Trinajstić information content (AvgIpc) is 3.31. The van der Waals surface area contributed by atoms with Crippen LogP contribution in [0.25, 0.3) is 10.9 Å². The first kappa shape index (κ1) is 17.4. The van der Waals surface area contributed by atoms with Gasteiger partial charge in [-0.15, -0.1) is 0 Å². The molecule has 2 aromatic carbocycles. The van der Waals surface area contributed by atoms with Crippen molar-refractivity contribution in [1.29, 1.82) is 0 Å². The fraction of sp³-hybridized carbons (Fsp3) is 0.364. The van der Waals surface area contributed by atoms with Crippen LogP contribution in [0.15, 0.2) is 54.6 Å². The second-order valence-electron chi connectivity index (χ2n) is 7.74. The smallest absolute Gasteiger partial charge is 0.226 e. The number of aromatic nitrogens is 2. The molecule has 0 bridgehead atoms. The van der Waals surface area contributed by atoms with Crippen LogP contribution in [0.4, 0.5) is 0 Å². The molecule has 1 amide bonds. The molecule has 0 unspecified atom stereocenters. The largest absolute Gasteiger partial charge is 0.371 e. The molecule has 28 heavy (non-hydrogen) atoms. The SMILES string of the molecule is O=C(Cc1[nH]nc2ccccc12)N[C@H]1C[C@H]2CO[C@@H](c3ccccc3)CN2C1. The maximum absolute atomic E-state index is 12.6. The first-order chi connectivity index (χ1) is 13.8. The molecule has 6 heteroatoms. The van der Waals surface area contributed by atoms with Crippen molar-refractivity contribution in [1.82, 2.24) is 20.4 Å². The second-order valence-corrected chi connectivity index (χ2v) is 7.74. The van der Waals surface area contributed by atoms with Crippen molar-refractivity contribution in [3.63, 3.8) is 0 Å². The fourth-order valence-corrected chi connectivity index (χ4v) is 4.44. The van der Waals surface area contributed by atoms with Gasteiger partial charge in [-0.2, -0.15) is 5.10 Å². The summed E-state index contributed by atoms with van der Waals surface area (Å²) in [4.78, 5) is 15.0. The number of benzene rings is 2. The Labute approximate surface area is 163 Å². The summed E-state index contributed by atoms with van der Waals surface area (Å²) in [6.45, 7) is 2.48. The van der Waals surface area contributed by atoms with Gasteiger partial charge < -0.3 is 10.1 Å². The minimum absolute atomic E-state index is 0.0415. The molecular formula is C22H24N4O2. The van der Waals surface area contributed by atoms with Gasteiger partial charge in [-0.25, -0.2) is 0 Å².